The van der Waals surface area contributed by atoms with Gasteiger partial charge in [0.15, 0.2) is 0 Å². The molecule has 0 aliphatic carbocycles. The van der Waals surface area contributed by atoms with E-state index in [0.717, 1.165) is 24.1 Å². The Morgan fingerprint density at radius 2 is 1.66 bits per heavy atom. The minimum absolute atomic E-state index is 0.0174. The van der Waals surface area contributed by atoms with Gasteiger partial charge in [-0.05, 0) is 56.9 Å². The molecule has 2 heterocycles. The van der Waals surface area contributed by atoms with Gasteiger partial charge in [-0.1, -0.05) is 18.7 Å². The van der Waals surface area contributed by atoms with Crippen LogP contribution >= 0.6 is 0 Å². The number of amides is 2. The Bertz CT molecular complexity index is 778. The lowest BCUT2D eigenvalue weighted by Gasteiger charge is -2.40. The highest BCUT2D eigenvalue weighted by Crippen LogP contribution is 2.43. The lowest BCUT2D eigenvalue weighted by Crippen LogP contribution is -2.50. The maximum atomic E-state index is 13.2. The molecule has 1 aromatic carbocycles. The molecular weight excluding hydrogens is 381 g/mol. The Morgan fingerprint density at radius 1 is 1.07 bits per heavy atom. The van der Waals surface area contributed by atoms with Gasteiger partial charge in [0.2, 0.25) is 11.8 Å². The van der Waals surface area contributed by atoms with Crippen LogP contribution in [0.3, 0.4) is 0 Å². The van der Waals surface area contributed by atoms with E-state index < -0.39 is 17.3 Å². The van der Waals surface area contributed by atoms with E-state index in [1.165, 1.54) is 18.2 Å². The lowest BCUT2D eigenvalue weighted by molar-refractivity contribution is -0.142. The minimum Gasteiger partial charge on any atom is -0.339 e. The Kier molecular flexibility index (Phi) is 5.79. The highest BCUT2D eigenvalue weighted by atomic mass is 19.4. The summed E-state index contributed by atoms with van der Waals surface area (Å²) in [5, 5.41) is 0. The van der Waals surface area contributed by atoms with Gasteiger partial charge in [0, 0.05) is 37.0 Å². The SMILES string of the molecule is C=CC(=O)N1CCC(C(=O)N2CCC(c3ccc(C(F)(F)F)cc3)C2(C)C)CC1. The number of piperidine rings is 1. The first-order valence-corrected chi connectivity index (χ1v) is 9.95. The van der Waals surface area contributed by atoms with Crippen molar-refractivity contribution in [3.8, 4) is 0 Å². The minimum atomic E-state index is -4.35. The van der Waals surface area contributed by atoms with E-state index in [0.29, 0.717) is 32.5 Å². The number of hydrogen-bond acceptors (Lipinski definition) is 2. The number of halogens is 3. The standard InChI is InChI=1S/C22H27F3N2O2/c1-4-19(28)26-12-9-16(10-13-26)20(29)27-14-11-18(21(27,2)3)15-5-7-17(8-6-15)22(23,24)25/h4-8,16,18H,1,9-14H2,2-3H3. The van der Waals surface area contributed by atoms with E-state index in [1.54, 1.807) is 4.90 Å². The molecule has 1 unspecified atom stereocenters. The number of likely N-dealkylation sites (tertiary alicyclic amines) is 2. The number of rotatable bonds is 3. The highest BCUT2D eigenvalue weighted by molar-refractivity contribution is 5.87. The summed E-state index contributed by atoms with van der Waals surface area (Å²) in [6.45, 7) is 9.13. The molecule has 2 aliphatic heterocycles. The van der Waals surface area contributed by atoms with Crippen molar-refractivity contribution in [1.29, 1.82) is 0 Å². The molecule has 0 spiro atoms. The quantitative estimate of drug-likeness (QED) is 0.703. The van der Waals surface area contributed by atoms with Crippen LogP contribution in [-0.2, 0) is 15.8 Å². The van der Waals surface area contributed by atoms with Crippen molar-refractivity contribution >= 4 is 11.8 Å². The van der Waals surface area contributed by atoms with Crippen LogP contribution in [0, 0.1) is 5.92 Å². The van der Waals surface area contributed by atoms with E-state index in [1.807, 2.05) is 18.7 Å². The van der Waals surface area contributed by atoms with Crippen molar-refractivity contribution in [2.24, 2.45) is 5.92 Å². The Morgan fingerprint density at radius 3 is 2.17 bits per heavy atom. The van der Waals surface area contributed by atoms with Crippen LogP contribution in [-0.4, -0.2) is 46.8 Å². The summed E-state index contributed by atoms with van der Waals surface area (Å²) in [5.41, 5.74) is -0.319. The lowest BCUT2D eigenvalue weighted by atomic mass is 9.82. The normalized spacial score (nSPS) is 22.6. The van der Waals surface area contributed by atoms with Crippen molar-refractivity contribution < 1.29 is 22.8 Å². The summed E-state index contributed by atoms with van der Waals surface area (Å²) in [7, 11) is 0. The first-order valence-electron chi connectivity index (χ1n) is 9.95. The van der Waals surface area contributed by atoms with E-state index in [9.17, 15) is 22.8 Å². The third-order valence-corrected chi connectivity index (χ3v) is 6.43. The van der Waals surface area contributed by atoms with Crippen molar-refractivity contribution in [3.63, 3.8) is 0 Å². The third kappa shape index (κ3) is 4.19. The molecule has 2 saturated heterocycles. The second-order valence-electron chi connectivity index (χ2n) is 8.41. The fourth-order valence-electron chi connectivity index (χ4n) is 4.66. The van der Waals surface area contributed by atoms with E-state index in [-0.39, 0.29) is 23.7 Å². The fourth-order valence-corrected chi connectivity index (χ4v) is 4.66. The van der Waals surface area contributed by atoms with Crippen molar-refractivity contribution in [2.75, 3.05) is 19.6 Å². The average molecular weight is 408 g/mol. The molecule has 1 atom stereocenters. The number of carbonyl (C=O) groups excluding carboxylic acids is 2. The number of nitrogens with zero attached hydrogens (tertiary/aromatic N) is 2. The summed E-state index contributed by atoms with van der Waals surface area (Å²) in [6.07, 6.45) is -1.10. The second kappa shape index (κ2) is 7.84. The molecule has 2 aliphatic rings. The number of carbonyl (C=O) groups is 2. The molecule has 0 radical (unpaired) electrons. The van der Waals surface area contributed by atoms with Crippen LogP contribution in [0.2, 0.25) is 0 Å². The molecule has 158 valence electrons. The molecule has 3 rings (SSSR count). The van der Waals surface area contributed by atoms with Crippen molar-refractivity contribution in [2.45, 2.75) is 50.7 Å². The first-order chi connectivity index (χ1) is 13.6. The Labute approximate surface area is 169 Å². The smallest absolute Gasteiger partial charge is 0.339 e. The molecule has 2 amide bonds. The van der Waals surface area contributed by atoms with E-state index in [4.69, 9.17) is 0 Å². The van der Waals surface area contributed by atoms with E-state index >= 15 is 0 Å². The van der Waals surface area contributed by atoms with Gasteiger partial charge in [-0.2, -0.15) is 13.2 Å². The molecular formula is C22H27F3N2O2. The van der Waals surface area contributed by atoms with E-state index in [2.05, 4.69) is 6.58 Å². The molecule has 0 aromatic heterocycles. The summed E-state index contributed by atoms with van der Waals surface area (Å²) >= 11 is 0. The summed E-state index contributed by atoms with van der Waals surface area (Å²) in [5.74, 6) is -0.180. The largest absolute Gasteiger partial charge is 0.416 e. The molecule has 0 N–H and O–H groups in total. The fraction of sp³-hybridized carbons (Fsp3) is 0.545. The predicted octanol–water partition coefficient (Wildman–Crippen LogP) is 4.22. The Hall–Kier alpha value is -2.31. The monoisotopic (exact) mass is 408 g/mol. The van der Waals surface area contributed by atoms with Gasteiger partial charge < -0.3 is 9.80 Å². The zero-order chi connectivity index (χ0) is 21.4. The molecule has 1 aromatic rings. The van der Waals surface area contributed by atoms with Gasteiger partial charge in [0.1, 0.15) is 0 Å². The third-order valence-electron chi connectivity index (χ3n) is 6.43. The first kappa shape index (κ1) is 21.4. The molecule has 2 fully saturated rings. The van der Waals surface area contributed by atoms with Gasteiger partial charge in [0.05, 0.1) is 5.56 Å². The average Bonchev–Trinajstić information content (AvgIpc) is 3.01. The van der Waals surface area contributed by atoms with Crippen LogP contribution in [0.25, 0.3) is 0 Å². The van der Waals surface area contributed by atoms with Gasteiger partial charge in [-0.3, -0.25) is 9.59 Å². The summed E-state index contributed by atoms with van der Waals surface area (Å²) in [4.78, 5) is 28.5. The number of alkyl halides is 3. The zero-order valence-electron chi connectivity index (χ0n) is 16.8. The molecule has 29 heavy (non-hydrogen) atoms. The maximum absolute atomic E-state index is 13.2. The molecule has 0 saturated carbocycles. The summed E-state index contributed by atoms with van der Waals surface area (Å²) in [6, 6.07) is 5.29. The second-order valence-corrected chi connectivity index (χ2v) is 8.41. The number of benzene rings is 1. The van der Waals surface area contributed by atoms with Gasteiger partial charge in [0.25, 0.3) is 0 Å². The van der Waals surface area contributed by atoms with Gasteiger partial charge in [-0.25, -0.2) is 0 Å². The predicted molar refractivity (Wildman–Crippen MR) is 104 cm³/mol. The van der Waals surface area contributed by atoms with Crippen LogP contribution in [0.4, 0.5) is 13.2 Å². The topological polar surface area (TPSA) is 40.6 Å². The van der Waals surface area contributed by atoms with Crippen LogP contribution in [0.15, 0.2) is 36.9 Å². The summed E-state index contributed by atoms with van der Waals surface area (Å²) < 4.78 is 38.5. The maximum Gasteiger partial charge on any atom is 0.416 e. The Balaban J connectivity index is 1.69. The zero-order valence-corrected chi connectivity index (χ0v) is 16.8. The molecule has 4 nitrogen and oxygen atoms in total. The number of hydrogen-bond donors (Lipinski definition) is 0. The highest BCUT2D eigenvalue weighted by Gasteiger charge is 2.46. The van der Waals surface area contributed by atoms with Crippen molar-refractivity contribution in [1.82, 2.24) is 9.80 Å². The van der Waals surface area contributed by atoms with Gasteiger partial charge >= 0.3 is 6.18 Å². The molecule has 7 heteroatoms. The van der Waals surface area contributed by atoms with Crippen LogP contribution in [0.5, 0.6) is 0 Å². The van der Waals surface area contributed by atoms with Crippen LogP contribution < -0.4 is 0 Å². The molecule has 0 bridgehead atoms. The van der Waals surface area contributed by atoms with Crippen molar-refractivity contribution in [3.05, 3.63) is 48.0 Å². The van der Waals surface area contributed by atoms with Crippen LogP contribution in [0.1, 0.15) is 50.2 Å². The van der Waals surface area contributed by atoms with Gasteiger partial charge in [-0.15, -0.1) is 0 Å².